The first kappa shape index (κ1) is 17.9. The molecule has 6 nitrogen and oxygen atoms in total. The zero-order chi connectivity index (χ0) is 17.5. The smallest absolute Gasteiger partial charge is 0.303 e. The van der Waals surface area contributed by atoms with Gasteiger partial charge in [0.1, 0.15) is 12.7 Å². The van der Waals surface area contributed by atoms with Gasteiger partial charge in [0.05, 0.1) is 6.04 Å². The van der Waals surface area contributed by atoms with Gasteiger partial charge in [-0.3, -0.25) is 14.4 Å². The van der Waals surface area contributed by atoms with Crippen LogP contribution in [0.2, 0.25) is 0 Å². The molecule has 1 aromatic rings. The molecule has 0 fully saturated rings. The Labute approximate surface area is 140 Å². The molecule has 1 N–H and O–H groups in total. The minimum atomic E-state index is -0.537. The molecule has 6 heteroatoms. The van der Waals surface area contributed by atoms with Gasteiger partial charge in [0.15, 0.2) is 5.78 Å². The highest BCUT2D eigenvalue weighted by Gasteiger charge is 2.30. The Morgan fingerprint density at radius 2 is 1.75 bits per heavy atom. The molecule has 0 aliphatic carbocycles. The SMILES string of the molecule is CC(=O)OC[C@H]1N[C@H](CC(=O)c2ccccc2)C=C[C@@H]1OC(C)=O. The summed E-state index contributed by atoms with van der Waals surface area (Å²) in [5.41, 5.74) is 0.645. The Hall–Kier alpha value is -2.47. The molecule has 3 atom stereocenters. The highest BCUT2D eigenvalue weighted by molar-refractivity contribution is 5.96. The molecular weight excluding hydrogens is 310 g/mol. The lowest BCUT2D eigenvalue weighted by Crippen LogP contribution is -2.52. The number of carbonyl (C=O) groups excluding carboxylic acids is 3. The standard InChI is InChI=1S/C18H21NO5/c1-12(20)23-11-16-18(24-13(2)21)9-8-15(19-16)10-17(22)14-6-4-3-5-7-14/h3-9,15-16,18-19H,10-11H2,1-2H3/t15-,16+,18-/m0/s1. The normalized spacial score (nSPS) is 22.7. The fraction of sp³-hybridized carbons (Fsp3) is 0.389. The summed E-state index contributed by atoms with van der Waals surface area (Å²) in [7, 11) is 0. The second-order valence-corrected chi connectivity index (χ2v) is 5.63. The second-order valence-electron chi connectivity index (χ2n) is 5.63. The predicted molar refractivity (Wildman–Crippen MR) is 87.4 cm³/mol. The molecule has 24 heavy (non-hydrogen) atoms. The monoisotopic (exact) mass is 331 g/mol. The lowest BCUT2D eigenvalue weighted by atomic mass is 9.97. The van der Waals surface area contributed by atoms with Crippen molar-refractivity contribution in [2.45, 2.75) is 38.5 Å². The molecule has 1 aromatic carbocycles. The van der Waals surface area contributed by atoms with Crippen LogP contribution in [0.4, 0.5) is 0 Å². The topological polar surface area (TPSA) is 81.7 Å². The average molecular weight is 331 g/mol. The van der Waals surface area contributed by atoms with Crippen molar-refractivity contribution in [1.82, 2.24) is 5.32 Å². The number of Topliss-reactive ketones (excluding diaryl/α,β-unsaturated/α-hetero) is 1. The molecular formula is C18H21NO5. The largest absolute Gasteiger partial charge is 0.464 e. The van der Waals surface area contributed by atoms with Crippen molar-refractivity contribution in [3.05, 3.63) is 48.0 Å². The van der Waals surface area contributed by atoms with E-state index in [4.69, 9.17) is 9.47 Å². The van der Waals surface area contributed by atoms with Crippen LogP contribution in [0.25, 0.3) is 0 Å². The van der Waals surface area contributed by atoms with Gasteiger partial charge >= 0.3 is 11.9 Å². The first-order valence-electron chi connectivity index (χ1n) is 7.79. The zero-order valence-electron chi connectivity index (χ0n) is 13.7. The minimum Gasteiger partial charge on any atom is -0.464 e. The minimum absolute atomic E-state index is 0.00919. The summed E-state index contributed by atoms with van der Waals surface area (Å²) in [5.74, 6) is -0.821. The van der Waals surface area contributed by atoms with Crippen LogP contribution in [0.3, 0.4) is 0 Å². The van der Waals surface area contributed by atoms with Crippen LogP contribution in [0, 0.1) is 0 Å². The Bertz CT molecular complexity index is 626. The lowest BCUT2D eigenvalue weighted by molar-refractivity contribution is -0.148. The van der Waals surface area contributed by atoms with E-state index in [9.17, 15) is 14.4 Å². The maximum atomic E-state index is 12.3. The number of hydrogen-bond acceptors (Lipinski definition) is 6. The van der Waals surface area contributed by atoms with E-state index in [1.165, 1.54) is 13.8 Å². The van der Waals surface area contributed by atoms with Crippen LogP contribution in [-0.4, -0.2) is 42.5 Å². The fourth-order valence-corrected chi connectivity index (χ4v) is 2.53. The highest BCUT2D eigenvalue weighted by atomic mass is 16.6. The van der Waals surface area contributed by atoms with E-state index < -0.39 is 24.1 Å². The third-order valence-corrected chi connectivity index (χ3v) is 3.63. The third kappa shape index (κ3) is 5.31. The first-order valence-corrected chi connectivity index (χ1v) is 7.79. The quantitative estimate of drug-likeness (QED) is 0.485. The molecule has 1 aliphatic heterocycles. The van der Waals surface area contributed by atoms with Crippen LogP contribution in [0.15, 0.2) is 42.5 Å². The van der Waals surface area contributed by atoms with E-state index in [2.05, 4.69) is 5.32 Å². The van der Waals surface area contributed by atoms with Crippen molar-refractivity contribution in [2.75, 3.05) is 6.61 Å². The molecule has 1 heterocycles. The van der Waals surface area contributed by atoms with E-state index in [0.717, 1.165) is 0 Å². The molecule has 0 bridgehead atoms. The number of nitrogens with one attached hydrogen (secondary N) is 1. The Kier molecular flexibility index (Phi) is 6.26. The maximum absolute atomic E-state index is 12.3. The van der Waals surface area contributed by atoms with Crippen molar-refractivity contribution in [3.8, 4) is 0 Å². The predicted octanol–water partition coefficient (Wildman–Crippen LogP) is 1.65. The van der Waals surface area contributed by atoms with Gasteiger partial charge in [0, 0.05) is 31.9 Å². The highest BCUT2D eigenvalue weighted by Crippen LogP contribution is 2.15. The lowest BCUT2D eigenvalue weighted by Gasteiger charge is -2.32. The van der Waals surface area contributed by atoms with Gasteiger partial charge in [0.25, 0.3) is 0 Å². The van der Waals surface area contributed by atoms with Crippen molar-refractivity contribution >= 4 is 17.7 Å². The van der Waals surface area contributed by atoms with E-state index in [1.54, 1.807) is 24.3 Å². The van der Waals surface area contributed by atoms with Crippen molar-refractivity contribution in [3.63, 3.8) is 0 Å². The van der Waals surface area contributed by atoms with Gasteiger partial charge in [-0.1, -0.05) is 36.4 Å². The zero-order valence-corrected chi connectivity index (χ0v) is 13.7. The van der Waals surface area contributed by atoms with E-state index in [-0.39, 0.29) is 24.9 Å². The van der Waals surface area contributed by atoms with Crippen LogP contribution < -0.4 is 5.32 Å². The molecule has 0 aromatic heterocycles. The van der Waals surface area contributed by atoms with Gasteiger partial charge < -0.3 is 14.8 Å². The van der Waals surface area contributed by atoms with Crippen molar-refractivity contribution in [2.24, 2.45) is 0 Å². The Morgan fingerprint density at radius 1 is 1.04 bits per heavy atom. The van der Waals surface area contributed by atoms with Gasteiger partial charge in [-0.25, -0.2) is 0 Å². The molecule has 128 valence electrons. The summed E-state index contributed by atoms with van der Waals surface area (Å²) in [6, 6.07) is 8.42. The number of benzene rings is 1. The van der Waals surface area contributed by atoms with Gasteiger partial charge in [0.2, 0.25) is 0 Å². The van der Waals surface area contributed by atoms with Gasteiger partial charge in [-0.15, -0.1) is 0 Å². The van der Waals surface area contributed by atoms with Crippen molar-refractivity contribution < 1.29 is 23.9 Å². The number of ether oxygens (including phenoxy) is 2. The molecule has 0 saturated heterocycles. The molecule has 0 radical (unpaired) electrons. The number of ketones is 1. The summed E-state index contributed by atoms with van der Waals surface area (Å²) in [5, 5.41) is 3.20. The first-order chi connectivity index (χ1) is 11.5. The summed E-state index contributed by atoms with van der Waals surface area (Å²) in [6.45, 7) is 2.70. The summed E-state index contributed by atoms with van der Waals surface area (Å²) >= 11 is 0. The van der Waals surface area contributed by atoms with Gasteiger partial charge in [-0.05, 0) is 6.08 Å². The number of rotatable bonds is 6. The fourth-order valence-electron chi connectivity index (χ4n) is 2.53. The Morgan fingerprint density at radius 3 is 2.38 bits per heavy atom. The van der Waals surface area contributed by atoms with Crippen LogP contribution in [0.1, 0.15) is 30.6 Å². The van der Waals surface area contributed by atoms with E-state index in [0.29, 0.717) is 5.56 Å². The number of hydrogen-bond donors (Lipinski definition) is 1. The van der Waals surface area contributed by atoms with E-state index in [1.807, 2.05) is 18.2 Å². The molecule has 1 aliphatic rings. The molecule has 2 rings (SSSR count). The van der Waals surface area contributed by atoms with E-state index >= 15 is 0 Å². The summed E-state index contributed by atoms with van der Waals surface area (Å²) < 4.78 is 10.2. The molecule has 0 saturated carbocycles. The molecule has 0 amide bonds. The van der Waals surface area contributed by atoms with Crippen molar-refractivity contribution in [1.29, 1.82) is 0 Å². The number of carbonyl (C=O) groups is 3. The van der Waals surface area contributed by atoms with Crippen LogP contribution in [0.5, 0.6) is 0 Å². The number of esters is 2. The summed E-state index contributed by atoms with van der Waals surface area (Å²) in [4.78, 5) is 34.5. The van der Waals surface area contributed by atoms with Gasteiger partial charge in [-0.2, -0.15) is 0 Å². The second kappa shape index (κ2) is 8.40. The average Bonchev–Trinajstić information content (AvgIpc) is 2.55. The third-order valence-electron chi connectivity index (χ3n) is 3.63. The molecule has 0 spiro atoms. The molecule has 0 unspecified atom stereocenters. The Balaban J connectivity index is 2.02. The maximum Gasteiger partial charge on any atom is 0.303 e. The van der Waals surface area contributed by atoms with Crippen LogP contribution in [-0.2, 0) is 19.1 Å². The summed E-state index contributed by atoms with van der Waals surface area (Å²) in [6.07, 6.45) is 3.27. The van der Waals surface area contributed by atoms with Crippen LogP contribution >= 0.6 is 0 Å².